The molecule has 2 rings (SSSR count). The van der Waals surface area contributed by atoms with Crippen LogP contribution in [0.3, 0.4) is 0 Å². The van der Waals surface area contributed by atoms with Crippen LogP contribution in [0.5, 0.6) is 0 Å². The number of nitrogens with one attached hydrogen (secondary N) is 1. The Morgan fingerprint density at radius 3 is 2.53 bits per heavy atom. The van der Waals surface area contributed by atoms with Gasteiger partial charge in [-0.1, -0.05) is 32.0 Å². The molecule has 0 bridgehead atoms. The van der Waals surface area contributed by atoms with Gasteiger partial charge in [0, 0.05) is 24.8 Å². The van der Waals surface area contributed by atoms with Crippen LogP contribution in [-0.2, 0) is 0 Å². The second-order valence-corrected chi connectivity index (χ2v) is 4.77. The molecule has 0 saturated carbocycles. The summed E-state index contributed by atoms with van der Waals surface area (Å²) in [5, 5.41) is 3.59. The van der Waals surface area contributed by atoms with Crippen molar-refractivity contribution in [2.75, 3.05) is 24.5 Å². The highest BCUT2D eigenvalue weighted by Crippen LogP contribution is 2.30. The molecule has 94 valence electrons. The summed E-state index contributed by atoms with van der Waals surface area (Å²) in [6.45, 7) is 7.92. The summed E-state index contributed by atoms with van der Waals surface area (Å²) in [7, 11) is 0. The molecular formula is C15H24N2. The number of para-hydroxylation sites is 1. The van der Waals surface area contributed by atoms with Gasteiger partial charge in [0.15, 0.2) is 0 Å². The number of hydrogen-bond donors (Lipinski definition) is 1. The first kappa shape index (κ1) is 12.4. The Hall–Kier alpha value is -1.02. The molecule has 1 fully saturated rings. The summed E-state index contributed by atoms with van der Waals surface area (Å²) in [6, 6.07) is 9.38. The molecule has 1 heterocycles. The molecule has 1 saturated heterocycles. The van der Waals surface area contributed by atoms with Gasteiger partial charge in [-0.25, -0.2) is 0 Å². The van der Waals surface area contributed by atoms with Gasteiger partial charge in [0.1, 0.15) is 0 Å². The normalized spacial score (nSPS) is 17.4. The molecule has 0 radical (unpaired) electrons. The Morgan fingerprint density at radius 1 is 1.18 bits per heavy atom. The quantitative estimate of drug-likeness (QED) is 0.837. The Labute approximate surface area is 105 Å². The van der Waals surface area contributed by atoms with Crippen molar-refractivity contribution >= 4 is 5.69 Å². The topological polar surface area (TPSA) is 15.3 Å². The van der Waals surface area contributed by atoms with Crippen molar-refractivity contribution in [1.29, 1.82) is 0 Å². The summed E-state index contributed by atoms with van der Waals surface area (Å²) < 4.78 is 0. The minimum absolute atomic E-state index is 0.497. The third-order valence-electron chi connectivity index (χ3n) is 3.62. The average molecular weight is 232 g/mol. The molecule has 0 aromatic heterocycles. The van der Waals surface area contributed by atoms with E-state index in [0.29, 0.717) is 6.04 Å². The van der Waals surface area contributed by atoms with Crippen LogP contribution in [0.4, 0.5) is 5.69 Å². The third-order valence-corrected chi connectivity index (χ3v) is 3.62. The predicted octanol–water partition coefficient (Wildman–Crippen LogP) is 3.35. The van der Waals surface area contributed by atoms with Gasteiger partial charge < -0.3 is 10.2 Å². The molecule has 1 aromatic rings. The predicted molar refractivity (Wildman–Crippen MR) is 74.6 cm³/mol. The maximum absolute atomic E-state index is 3.59. The van der Waals surface area contributed by atoms with E-state index in [1.807, 2.05) is 0 Å². The third kappa shape index (κ3) is 2.81. The fourth-order valence-electron chi connectivity index (χ4n) is 2.75. The molecule has 1 aromatic carbocycles. The maximum Gasteiger partial charge on any atom is 0.0414 e. The van der Waals surface area contributed by atoms with Crippen molar-refractivity contribution in [3.05, 3.63) is 29.8 Å². The van der Waals surface area contributed by atoms with Crippen molar-refractivity contribution < 1.29 is 0 Å². The second-order valence-electron chi connectivity index (χ2n) is 4.77. The highest BCUT2D eigenvalue weighted by molar-refractivity contribution is 5.55. The van der Waals surface area contributed by atoms with Gasteiger partial charge in [0.25, 0.3) is 0 Å². The fourth-order valence-corrected chi connectivity index (χ4v) is 2.75. The summed E-state index contributed by atoms with van der Waals surface area (Å²) >= 11 is 0. The van der Waals surface area contributed by atoms with Crippen LogP contribution in [0.2, 0.25) is 0 Å². The molecule has 1 atom stereocenters. The molecular weight excluding hydrogens is 208 g/mol. The minimum Gasteiger partial charge on any atom is -0.371 e. The summed E-state index contributed by atoms with van der Waals surface area (Å²) in [6.07, 6.45) is 3.83. The molecule has 2 nitrogen and oxygen atoms in total. The van der Waals surface area contributed by atoms with Crippen molar-refractivity contribution in [3.63, 3.8) is 0 Å². The van der Waals surface area contributed by atoms with E-state index in [1.54, 1.807) is 0 Å². The standard InChI is InChI=1S/C15H24N2/c1-3-14(16-4-2)13-9-5-6-10-15(13)17-11-7-8-12-17/h5-6,9-10,14,16H,3-4,7-8,11-12H2,1-2H3. The molecule has 1 aliphatic heterocycles. The van der Waals surface area contributed by atoms with Crippen molar-refractivity contribution in [3.8, 4) is 0 Å². The van der Waals surface area contributed by atoms with Crippen LogP contribution in [0.15, 0.2) is 24.3 Å². The molecule has 1 unspecified atom stereocenters. The number of benzene rings is 1. The van der Waals surface area contributed by atoms with Crippen LogP contribution in [0.1, 0.15) is 44.7 Å². The lowest BCUT2D eigenvalue weighted by Gasteiger charge is -2.26. The van der Waals surface area contributed by atoms with Crippen LogP contribution >= 0.6 is 0 Å². The first-order valence-electron chi connectivity index (χ1n) is 6.94. The van der Waals surface area contributed by atoms with Gasteiger partial charge in [-0.15, -0.1) is 0 Å². The molecule has 0 aliphatic carbocycles. The molecule has 1 N–H and O–H groups in total. The molecule has 17 heavy (non-hydrogen) atoms. The lowest BCUT2D eigenvalue weighted by atomic mass is 10.0. The van der Waals surface area contributed by atoms with E-state index in [1.165, 1.54) is 37.2 Å². The van der Waals surface area contributed by atoms with Crippen LogP contribution in [0.25, 0.3) is 0 Å². The SMILES string of the molecule is CCNC(CC)c1ccccc1N1CCCC1. The second kappa shape index (κ2) is 6.06. The van der Waals surface area contributed by atoms with E-state index < -0.39 is 0 Å². The van der Waals surface area contributed by atoms with E-state index in [4.69, 9.17) is 0 Å². The Balaban J connectivity index is 2.25. The van der Waals surface area contributed by atoms with Gasteiger partial charge in [0.2, 0.25) is 0 Å². The first-order valence-corrected chi connectivity index (χ1v) is 6.94. The number of nitrogens with zero attached hydrogens (tertiary/aromatic N) is 1. The Morgan fingerprint density at radius 2 is 1.88 bits per heavy atom. The van der Waals surface area contributed by atoms with E-state index >= 15 is 0 Å². The van der Waals surface area contributed by atoms with Crippen molar-refractivity contribution in [1.82, 2.24) is 5.32 Å². The van der Waals surface area contributed by atoms with Crippen LogP contribution in [-0.4, -0.2) is 19.6 Å². The van der Waals surface area contributed by atoms with Gasteiger partial charge in [0.05, 0.1) is 0 Å². The zero-order chi connectivity index (χ0) is 12.1. The lowest BCUT2D eigenvalue weighted by molar-refractivity contribution is 0.537. The summed E-state index contributed by atoms with van der Waals surface area (Å²) in [4.78, 5) is 2.54. The van der Waals surface area contributed by atoms with Crippen molar-refractivity contribution in [2.45, 2.75) is 39.2 Å². The highest BCUT2D eigenvalue weighted by Gasteiger charge is 2.18. The fraction of sp³-hybridized carbons (Fsp3) is 0.600. The Bertz CT molecular complexity index is 343. The summed E-state index contributed by atoms with van der Waals surface area (Å²) in [5.74, 6) is 0. The van der Waals surface area contributed by atoms with Gasteiger partial charge in [-0.05, 0) is 37.4 Å². The largest absolute Gasteiger partial charge is 0.371 e. The van der Waals surface area contributed by atoms with Crippen molar-refractivity contribution in [2.24, 2.45) is 0 Å². The molecule has 0 amide bonds. The first-order chi connectivity index (χ1) is 8.36. The van der Waals surface area contributed by atoms with E-state index in [-0.39, 0.29) is 0 Å². The van der Waals surface area contributed by atoms with E-state index in [9.17, 15) is 0 Å². The monoisotopic (exact) mass is 232 g/mol. The molecule has 2 heteroatoms. The van der Waals surface area contributed by atoms with E-state index in [2.05, 4.69) is 48.3 Å². The maximum atomic E-state index is 3.59. The highest BCUT2D eigenvalue weighted by atomic mass is 15.1. The number of rotatable bonds is 5. The minimum atomic E-state index is 0.497. The van der Waals surface area contributed by atoms with E-state index in [0.717, 1.165) is 13.0 Å². The molecule has 0 spiro atoms. The van der Waals surface area contributed by atoms with Gasteiger partial charge >= 0.3 is 0 Å². The van der Waals surface area contributed by atoms with Gasteiger partial charge in [-0.3, -0.25) is 0 Å². The summed E-state index contributed by atoms with van der Waals surface area (Å²) in [5.41, 5.74) is 2.91. The zero-order valence-corrected chi connectivity index (χ0v) is 11.1. The zero-order valence-electron chi connectivity index (χ0n) is 11.1. The average Bonchev–Trinajstić information content (AvgIpc) is 2.90. The van der Waals surface area contributed by atoms with Gasteiger partial charge in [-0.2, -0.15) is 0 Å². The smallest absolute Gasteiger partial charge is 0.0414 e. The van der Waals surface area contributed by atoms with Crippen LogP contribution in [0, 0.1) is 0 Å². The number of hydrogen-bond acceptors (Lipinski definition) is 2. The molecule has 1 aliphatic rings. The number of anilines is 1. The lowest BCUT2D eigenvalue weighted by Crippen LogP contribution is -2.25. The van der Waals surface area contributed by atoms with Crippen LogP contribution < -0.4 is 10.2 Å². The Kier molecular flexibility index (Phi) is 4.43.